The standard InChI is InChI=1S/C10H16N2/c1-3-5-6-10-9(4-2)11-7-8-12-10/h3-6,11-12H,7-8H2,1-2H3/b5-3-,9-4-,10-6+. The minimum absolute atomic E-state index is 1.00. The van der Waals surface area contributed by atoms with Crippen LogP contribution in [0, 0.1) is 0 Å². The van der Waals surface area contributed by atoms with Gasteiger partial charge in [-0.1, -0.05) is 18.2 Å². The van der Waals surface area contributed by atoms with Gasteiger partial charge in [-0.3, -0.25) is 0 Å². The molecule has 2 N–H and O–H groups in total. The zero-order valence-electron chi connectivity index (χ0n) is 7.72. The van der Waals surface area contributed by atoms with E-state index in [-0.39, 0.29) is 0 Å². The Bertz CT molecular complexity index is 224. The molecule has 1 fully saturated rings. The van der Waals surface area contributed by atoms with Crippen molar-refractivity contribution in [3.8, 4) is 0 Å². The molecule has 2 nitrogen and oxygen atoms in total. The van der Waals surface area contributed by atoms with Gasteiger partial charge >= 0.3 is 0 Å². The molecule has 1 aliphatic heterocycles. The number of hydrogen-bond donors (Lipinski definition) is 2. The van der Waals surface area contributed by atoms with E-state index in [0.29, 0.717) is 0 Å². The minimum Gasteiger partial charge on any atom is -0.382 e. The Morgan fingerprint density at radius 1 is 1.08 bits per heavy atom. The van der Waals surface area contributed by atoms with Crippen LogP contribution in [0.2, 0.25) is 0 Å². The molecule has 2 heteroatoms. The molecule has 66 valence electrons. The summed E-state index contributed by atoms with van der Waals surface area (Å²) in [5.41, 5.74) is 2.38. The van der Waals surface area contributed by atoms with E-state index in [4.69, 9.17) is 0 Å². The highest BCUT2D eigenvalue weighted by molar-refractivity contribution is 5.32. The summed E-state index contributed by atoms with van der Waals surface area (Å²) in [5, 5.41) is 6.66. The number of allylic oxidation sites excluding steroid dienone is 4. The van der Waals surface area contributed by atoms with Crippen molar-refractivity contribution in [2.24, 2.45) is 0 Å². The summed E-state index contributed by atoms with van der Waals surface area (Å²) in [6.07, 6.45) is 8.23. The SMILES string of the molecule is C\C=C/C=C1/NCCN/C1=C\C. The van der Waals surface area contributed by atoms with Crippen LogP contribution in [0.5, 0.6) is 0 Å². The predicted octanol–water partition coefficient (Wildman–Crippen LogP) is 1.54. The van der Waals surface area contributed by atoms with E-state index in [1.165, 1.54) is 11.4 Å². The molecule has 0 unspecified atom stereocenters. The highest BCUT2D eigenvalue weighted by Crippen LogP contribution is 2.06. The maximum atomic E-state index is 3.33. The predicted molar refractivity (Wildman–Crippen MR) is 52.7 cm³/mol. The Labute approximate surface area is 74.0 Å². The molecule has 0 atom stereocenters. The topological polar surface area (TPSA) is 24.1 Å². The van der Waals surface area contributed by atoms with E-state index in [1.54, 1.807) is 0 Å². The first-order valence-corrected chi connectivity index (χ1v) is 4.36. The molecule has 0 aromatic rings. The third-order valence-corrected chi connectivity index (χ3v) is 1.79. The molecule has 0 amide bonds. The Kier molecular flexibility index (Phi) is 3.45. The lowest BCUT2D eigenvalue weighted by Crippen LogP contribution is -2.36. The molecule has 0 aliphatic carbocycles. The second kappa shape index (κ2) is 4.65. The van der Waals surface area contributed by atoms with Crippen LogP contribution in [0.4, 0.5) is 0 Å². The average Bonchev–Trinajstić information content (AvgIpc) is 2.15. The normalized spacial score (nSPS) is 24.5. The number of piperazine rings is 1. The van der Waals surface area contributed by atoms with Gasteiger partial charge in [0.05, 0.1) is 11.4 Å². The van der Waals surface area contributed by atoms with Gasteiger partial charge in [-0.2, -0.15) is 0 Å². The average molecular weight is 164 g/mol. The van der Waals surface area contributed by atoms with E-state index in [1.807, 2.05) is 26.0 Å². The molecule has 1 saturated heterocycles. The van der Waals surface area contributed by atoms with Gasteiger partial charge in [-0.25, -0.2) is 0 Å². The Balaban J connectivity index is 2.71. The Morgan fingerprint density at radius 2 is 1.75 bits per heavy atom. The summed E-state index contributed by atoms with van der Waals surface area (Å²) in [6, 6.07) is 0. The molecule has 0 aromatic heterocycles. The molecular weight excluding hydrogens is 148 g/mol. The Hall–Kier alpha value is -1.18. The van der Waals surface area contributed by atoms with E-state index in [0.717, 1.165) is 13.1 Å². The van der Waals surface area contributed by atoms with Gasteiger partial charge < -0.3 is 10.6 Å². The summed E-state index contributed by atoms with van der Waals surface area (Å²) < 4.78 is 0. The van der Waals surface area contributed by atoms with Gasteiger partial charge in [0, 0.05) is 13.1 Å². The Morgan fingerprint density at radius 3 is 2.33 bits per heavy atom. The highest BCUT2D eigenvalue weighted by atomic mass is 15.0. The van der Waals surface area contributed by atoms with Crippen molar-refractivity contribution >= 4 is 0 Å². The zero-order valence-corrected chi connectivity index (χ0v) is 7.72. The molecule has 0 bridgehead atoms. The molecule has 0 aromatic carbocycles. The summed E-state index contributed by atoms with van der Waals surface area (Å²) in [5.74, 6) is 0. The lowest BCUT2D eigenvalue weighted by Gasteiger charge is -2.21. The first-order chi connectivity index (χ1) is 5.88. The maximum Gasteiger partial charge on any atom is 0.0573 e. The van der Waals surface area contributed by atoms with Gasteiger partial charge in [0.1, 0.15) is 0 Å². The van der Waals surface area contributed by atoms with Crippen LogP contribution in [0.25, 0.3) is 0 Å². The van der Waals surface area contributed by atoms with E-state index in [9.17, 15) is 0 Å². The van der Waals surface area contributed by atoms with Crippen LogP contribution in [0.3, 0.4) is 0 Å². The smallest absolute Gasteiger partial charge is 0.0573 e. The molecule has 1 heterocycles. The lowest BCUT2D eigenvalue weighted by molar-refractivity contribution is 0.656. The molecule has 1 rings (SSSR count). The second-order valence-electron chi connectivity index (χ2n) is 2.66. The highest BCUT2D eigenvalue weighted by Gasteiger charge is 2.06. The van der Waals surface area contributed by atoms with Crippen molar-refractivity contribution < 1.29 is 0 Å². The van der Waals surface area contributed by atoms with Crippen molar-refractivity contribution in [1.29, 1.82) is 0 Å². The van der Waals surface area contributed by atoms with E-state index < -0.39 is 0 Å². The van der Waals surface area contributed by atoms with E-state index >= 15 is 0 Å². The molecule has 12 heavy (non-hydrogen) atoms. The first kappa shape index (κ1) is 8.91. The van der Waals surface area contributed by atoms with Crippen LogP contribution in [-0.2, 0) is 0 Å². The second-order valence-corrected chi connectivity index (χ2v) is 2.66. The van der Waals surface area contributed by atoms with Crippen molar-refractivity contribution in [1.82, 2.24) is 10.6 Å². The first-order valence-electron chi connectivity index (χ1n) is 4.36. The van der Waals surface area contributed by atoms with Crippen molar-refractivity contribution in [2.45, 2.75) is 13.8 Å². The summed E-state index contributed by atoms with van der Waals surface area (Å²) in [7, 11) is 0. The molecule has 0 radical (unpaired) electrons. The minimum atomic E-state index is 1.00. The monoisotopic (exact) mass is 164 g/mol. The third kappa shape index (κ3) is 2.16. The zero-order chi connectivity index (χ0) is 8.81. The molecule has 0 spiro atoms. The van der Waals surface area contributed by atoms with Crippen LogP contribution in [0.15, 0.2) is 35.7 Å². The lowest BCUT2D eigenvalue weighted by atomic mass is 10.2. The van der Waals surface area contributed by atoms with Gasteiger partial charge in [-0.15, -0.1) is 0 Å². The van der Waals surface area contributed by atoms with Crippen LogP contribution < -0.4 is 10.6 Å². The van der Waals surface area contributed by atoms with Crippen LogP contribution in [0.1, 0.15) is 13.8 Å². The van der Waals surface area contributed by atoms with Gasteiger partial charge in [-0.05, 0) is 19.9 Å². The van der Waals surface area contributed by atoms with Crippen molar-refractivity contribution in [3.05, 3.63) is 35.7 Å². The fourth-order valence-corrected chi connectivity index (χ4v) is 1.18. The number of nitrogens with one attached hydrogen (secondary N) is 2. The number of rotatable bonds is 1. The largest absolute Gasteiger partial charge is 0.382 e. The van der Waals surface area contributed by atoms with Crippen LogP contribution >= 0.6 is 0 Å². The number of hydrogen-bond acceptors (Lipinski definition) is 2. The molecule has 1 aliphatic rings. The summed E-state index contributed by atoms with van der Waals surface area (Å²) in [4.78, 5) is 0. The third-order valence-electron chi connectivity index (χ3n) is 1.79. The quantitative estimate of drug-likeness (QED) is 0.614. The summed E-state index contributed by atoms with van der Waals surface area (Å²) >= 11 is 0. The van der Waals surface area contributed by atoms with Crippen LogP contribution in [-0.4, -0.2) is 13.1 Å². The summed E-state index contributed by atoms with van der Waals surface area (Å²) in [6.45, 7) is 6.06. The van der Waals surface area contributed by atoms with Gasteiger partial charge in [0.25, 0.3) is 0 Å². The van der Waals surface area contributed by atoms with E-state index in [2.05, 4.69) is 22.8 Å². The maximum absolute atomic E-state index is 3.33. The fraction of sp³-hybridized carbons (Fsp3) is 0.400. The molecule has 0 saturated carbocycles. The fourth-order valence-electron chi connectivity index (χ4n) is 1.18. The van der Waals surface area contributed by atoms with Crippen molar-refractivity contribution in [3.63, 3.8) is 0 Å². The van der Waals surface area contributed by atoms with Gasteiger partial charge in [0.15, 0.2) is 0 Å². The molecular formula is C10H16N2. The van der Waals surface area contributed by atoms with Gasteiger partial charge in [0.2, 0.25) is 0 Å². The van der Waals surface area contributed by atoms with Crippen molar-refractivity contribution in [2.75, 3.05) is 13.1 Å².